The monoisotopic (exact) mass is 229 g/mol. The first-order valence-corrected chi connectivity index (χ1v) is 5.00. The lowest BCUT2D eigenvalue weighted by Crippen LogP contribution is -1.87. The number of pyridine rings is 1. The molecule has 0 aliphatic carbocycles. The molecule has 17 heavy (non-hydrogen) atoms. The van der Waals surface area contributed by atoms with Crippen LogP contribution in [-0.4, -0.2) is 9.97 Å². The van der Waals surface area contributed by atoms with Gasteiger partial charge in [0.05, 0.1) is 11.9 Å². The lowest BCUT2D eigenvalue weighted by atomic mass is 10.3. The summed E-state index contributed by atoms with van der Waals surface area (Å²) in [4.78, 5) is 8.25. The van der Waals surface area contributed by atoms with E-state index in [9.17, 15) is 4.39 Å². The Kier molecular flexibility index (Phi) is 2.04. The molecule has 84 valence electrons. The van der Waals surface area contributed by atoms with Crippen molar-refractivity contribution in [1.82, 2.24) is 9.97 Å². The van der Waals surface area contributed by atoms with Gasteiger partial charge >= 0.3 is 0 Å². The predicted octanol–water partition coefficient (Wildman–Crippen LogP) is 2.61. The second-order valence-electron chi connectivity index (χ2n) is 3.61. The molecule has 0 atom stereocenters. The minimum Gasteiger partial charge on any atom is -0.435 e. The van der Waals surface area contributed by atoms with Crippen LogP contribution in [-0.2, 0) is 0 Å². The molecule has 2 aromatic heterocycles. The van der Waals surface area contributed by atoms with E-state index in [1.54, 1.807) is 18.2 Å². The normalized spacial score (nSPS) is 10.9. The third-order valence-electron chi connectivity index (χ3n) is 2.36. The maximum atomic E-state index is 13.0. The van der Waals surface area contributed by atoms with Crippen LogP contribution in [0.25, 0.3) is 22.7 Å². The summed E-state index contributed by atoms with van der Waals surface area (Å²) < 4.78 is 18.5. The molecule has 3 rings (SSSR count). The number of nitrogen functional groups attached to an aromatic ring is 1. The Morgan fingerprint density at radius 3 is 2.82 bits per heavy atom. The first kappa shape index (κ1) is 9.77. The first-order valence-electron chi connectivity index (χ1n) is 5.00. The van der Waals surface area contributed by atoms with Crippen molar-refractivity contribution in [3.8, 4) is 11.6 Å². The highest BCUT2D eigenvalue weighted by atomic mass is 19.1. The SMILES string of the molecule is Nc1ccc(-c2nc3cc(F)ccc3o2)nc1. The molecule has 4 nitrogen and oxygen atoms in total. The number of rotatable bonds is 1. The zero-order chi connectivity index (χ0) is 11.8. The molecule has 0 fully saturated rings. The summed E-state index contributed by atoms with van der Waals surface area (Å²) in [7, 11) is 0. The van der Waals surface area contributed by atoms with Crippen molar-refractivity contribution in [2.75, 3.05) is 5.73 Å². The summed E-state index contributed by atoms with van der Waals surface area (Å²) in [6.07, 6.45) is 1.52. The van der Waals surface area contributed by atoms with E-state index in [-0.39, 0.29) is 5.82 Å². The molecule has 3 aromatic rings. The number of nitrogens with two attached hydrogens (primary N) is 1. The van der Waals surface area contributed by atoms with Gasteiger partial charge in [0.2, 0.25) is 5.89 Å². The number of nitrogens with zero attached hydrogens (tertiary/aromatic N) is 2. The van der Waals surface area contributed by atoms with Crippen molar-refractivity contribution in [2.24, 2.45) is 0 Å². The summed E-state index contributed by atoms with van der Waals surface area (Å²) in [5.74, 6) is 0.00761. The molecule has 0 radical (unpaired) electrons. The molecule has 0 unspecified atom stereocenters. The summed E-state index contributed by atoms with van der Waals surface area (Å²) in [6.45, 7) is 0. The van der Waals surface area contributed by atoms with E-state index >= 15 is 0 Å². The molecule has 0 aliphatic rings. The van der Waals surface area contributed by atoms with Gasteiger partial charge in [-0.25, -0.2) is 14.4 Å². The van der Waals surface area contributed by atoms with E-state index in [0.717, 1.165) is 0 Å². The molecule has 0 bridgehead atoms. The lowest BCUT2D eigenvalue weighted by Gasteiger charge is -1.94. The van der Waals surface area contributed by atoms with Crippen LogP contribution in [0.1, 0.15) is 0 Å². The Balaban J connectivity index is 2.14. The van der Waals surface area contributed by atoms with Gasteiger partial charge in [-0.3, -0.25) is 0 Å². The van der Waals surface area contributed by atoms with Crippen LogP contribution in [0.4, 0.5) is 10.1 Å². The van der Waals surface area contributed by atoms with Crippen molar-refractivity contribution in [3.63, 3.8) is 0 Å². The Hall–Kier alpha value is -2.43. The number of anilines is 1. The Labute approximate surface area is 95.9 Å². The zero-order valence-corrected chi connectivity index (χ0v) is 8.72. The Bertz CT molecular complexity index is 676. The van der Waals surface area contributed by atoms with E-state index in [0.29, 0.717) is 28.4 Å². The second kappa shape index (κ2) is 3.55. The van der Waals surface area contributed by atoms with Crippen molar-refractivity contribution in [1.29, 1.82) is 0 Å². The molecule has 5 heteroatoms. The number of halogens is 1. The van der Waals surface area contributed by atoms with Crippen molar-refractivity contribution in [2.45, 2.75) is 0 Å². The molecular formula is C12H8FN3O. The molecule has 2 N–H and O–H groups in total. The number of oxazole rings is 1. The third kappa shape index (κ3) is 1.71. The van der Waals surface area contributed by atoms with E-state index < -0.39 is 0 Å². The molecule has 0 saturated carbocycles. The van der Waals surface area contributed by atoms with Gasteiger partial charge in [0, 0.05) is 6.07 Å². The third-order valence-corrected chi connectivity index (χ3v) is 2.36. The molecule has 1 aromatic carbocycles. The summed E-state index contributed by atoms with van der Waals surface area (Å²) in [6, 6.07) is 7.60. The molecule has 0 saturated heterocycles. The maximum absolute atomic E-state index is 13.0. The molecular weight excluding hydrogens is 221 g/mol. The fourth-order valence-electron chi connectivity index (χ4n) is 1.54. The summed E-state index contributed by atoms with van der Waals surface area (Å²) in [5.41, 5.74) is 7.67. The van der Waals surface area contributed by atoms with Crippen LogP contribution in [0.2, 0.25) is 0 Å². The van der Waals surface area contributed by atoms with E-state index in [4.69, 9.17) is 10.2 Å². The van der Waals surface area contributed by atoms with Crippen LogP contribution in [0, 0.1) is 5.82 Å². The minimum atomic E-state index is -0.345. The van der Waals surface area contributed by atoms with Crippen LogP contribution in [0.5, 0.6) is 0 Å². The smallest absolute Gasteiger partial charge is 0.246 e. The number of aromatic nitrogens is 2. The Morgan fingerprint density at radius 2 is 2.06 bits per heavy atom. The first-order chi connectivity index (χ1) is 8.22. The van der Waals surface area contributed by atoms with E-state index in [2.05, 4.69) is 9.97 Å². The number of hydrogen-bond acceptors (Lipinski definition) is 4. The van der Waals surface area contributed by atoms with Gasteiger partial charge in [0.15, 0.2) is 5.58 Å². The van der Waals surface area contributed by atoms with Gasteiger partial charge in [-0.15, -0.1) is 0 Å². The topological polar surface area (TPSA) is 64.9 Å². The van der Waals surface area contributed by atoms with Crippen molar-refractivity contribution >= 4 is 16.8 Å². The number of fused-ring (bicyclic) bond motifs is 1. The quantitative estimate of drug-likeness (QED) is 0.696. The largest absolute Gasteiger partial charge is 0.435 e. The number of benzene rings is 1. The number of hydrogen-bond donors (Lipinski definition) is 1. The lowest BCUT2D eigenvalue weighted by molar-refractivity contribution is 0.612. The van der Waals surface area contributed by atoms with Crippen molar-refractivity contribution in [3.05, 3.63) is 42.3 Å². The van der Waals surface area contributed by atoms with Crippen LogP contribution >= 0.6 is 0 Å². The van der Waals surface area contributed by atoms with E-state index in [1.807, 2.05) is 0 Å². The van der Waals surface area contributed by atoms with Gasteiger partial charge in [0.25, 0.3) is 0 Å². The van der Waals surface area contributed by atoms with E-state index in [1.165, 1.54) is 18.3 Å². The summed E-state index contributed by atoms with van der Waals surface area (Å²) >= 11 is 0. The molecule has 2 heterocycles. The average Bonchev–Trinajstić information content (AvgIpc) is 2.72. The molecule has 0 spiro atoms. The molecule has 0 amide bonds. The fraction of sp³-hybridized carbons (Fsp3) is 0. The van der Waals surface area contributed by atoms with Gasteiger partial charge in [-0.05, 0) is 24.3 Å². The van der Waals surface area contributed by atoms with Crippen LogP contribution < -0.4 is 5.73 Å². The highest BCUT2D eigenvalue weighted by Gasteiger charge is 2.09. The van der Waals surface area contributed by atoms with Gasteiger partial charge in [-0.1, -0.05) is 0 Å². The fourth-order valence-corrected chi connectivity index (χ4v) is 1.54. The van der Waals surface area contributed by atoms with Crippen LogP contribution in [0.15, 0.2) is 40.9 Å². The van der Waals surface area contributed by atoms with Gasteiger partial charge in [0.1, 0.15) is 17.0 Å². The summed E-state index contributed by atoms with van der Waals surface area (Å²) in [5, 5.41) is 0. The average molecular weight is 229 g/mol. The highest BCUT2D eigenvalue weighted by Crippen LogP contribution is 2.23. The minimum absolute atomic E-state index is 0.345. The maximum Gasteiger partial charge on any atom is 0.246 e. The zero-order valence-electron chi connectivity index (χ0n) is 8.72. The predicted molar refractivity (Wildman–Crippen MR) is 61.6 cm³/mol. The van der Waals surface area contributed by atoms with Gasteiger partial charge < -0.3 is 10.2 Å². The standard InChI is InChI=1S/C12H8FN3O/c13-7-1-4-11-10(5-7)16-12(17-11)9-3-2-8(14)6-15-9/h1-6H,14H2. The van der Waals surface area contributed by atoms with Gasteiger partial charge in [-0.2, -0.15) is 0 Å². The highest BCUT2D eigenvalue weighted by molar-refractivity contribution is 5.75. The molecule has 0 aliphatic heterocycles. The Morgan fingerprint density at radius 1 is 1.18 bits per heavy atom. The van der Waals surface area contributed by atoms with Crippen molar-refractivity contribution < 1.29 is 8.81 Å². The van der Waals surface area contributed by atoms with Crippen LogP contribution in [0.3, 0.4) is 0 Å². The second-order valence-corrected chi connectivity index (χ2v) is 3.61.